The lowest BCUT2D eigenvalue weighted by Gasteiger charge is -2.12. The van der Waals surface area contributed by atoms with Crippen LogP contribution in [-0.2, 0) is 0 Å². The number of hydrogen-bond acceptors (Lipinski definition) is 4. The third-order valence-electron chi connectivity index (χ3n) is 11.7. The molecule has 57 heavy (non-hydrogen) atoms. The summed E-state index contributed by atoms with van der Waals surface area (Å²) in [5, 5.41) is 10.5. The Morgan fingerprint density at radius 2 is 1.04 bits per heavy atom. The molecule has 0 atom stereocenters. The van der Waals surface area contributed by atoms with Crippen LogP contribution in [0.1, 0.15) is 0 Å². The second-order valence-electron chi connectivity index (χ2n) is 14.9. The first-order valence-corrected chi connectivity index (χ1v) is 19.2. The molecular formula is C52H29N3O2. The van der Waals surface area contributed by atoms with E-state index in [0.29, 0.717) is 11.4 Å². The van der Waals surface area contributed by atoms with Crippen LogP contribution in [0.4, 0.5) is 0 Å². The van der Waals surface area contributed by atoms with Gasteiger partial charge in [-0.2, -0.15) is 0 Å². The van der Waals surface area contributed by atoms with Gasteiger partial charge >= 0.3 is 0 Å². The number of nitrogens with zero attached hydrogens (tertiary/aromatic N) is 3. The normalized spacial score (nSPS) is 12.2. The highest BCUT2D eigenvalue weighted by atomic mass is 16.3. The molecule has 0 spiro atoms. The zero-order valence-corrected chi connectivity index (χ0v) is 30.4. The Morgan fingerprint density at radius 1 is 0.368 bits per heavy atom. The fourth-order valence-electron chi connectivity index (χ4n) is 9.21. The summed E-state index contributed by atoms with van der Waals surface area (Å²) in [4.78, 5) is 10.4. The molecule has 5 heteroatoms. The first-order chi connectivity index (χ1) is 28.2. The van der Waals surface area contributed by atoms with Gasteiger partial charge in [-0.25, -0.2) is 9.97 Å². The second kappa shape index (κ2) is 11.4. The highest BCUT2D eigenvalue weighted by Crippen LogP contribution is 2.45. The molecule has 13 rings (SSSR count). The molecular weight excluding hydrogens is 699 g/mol. The van der Waals surface area contributed by atoms with Crippen LogP contribution in [-0.4, -0.2) is 14.5 Å². The van der Waals surface area contributed by atoms with Crippen molar-refractivity contribution >= 4 is 87.4 Å². The highest BCUT2D eigenvalue weighted by molar-refractivity contribution is 6.33. The van der Waals surface area contributed by atoms with E-state index in [1.807, 2.05) is 30.3 Å². The van der Waals surface area contributed by atoms with Gasteiger partial charge in [0.05, 0.1) is 16.7 Å². The molecule has 0 N–H and O–H groups in total. The molecule has 0 aliphatic rings. The molecule has 0 bridgehead atoms. The molecule has 0 saturated carbocycles. The number of fused-ring (bicyclic) bond motifs is 9. The summed E-state index contributed by atoms with van der Waals surface area (Å²) >= 11 is 0. The smallest absolute Gasteiger partial charge is 0.180 e. The summed E-state index contributed by atoms with van der Waals surface area (Å²) in [6.07, 6.45) is 0. The van der Waals surface area contributed by atoms with Crippen LogP contribution in [0.25, 0.3) is 127 Å². The van der Waals surface area contributed by atoms with Crippen molar-refractivity contribution in [2.45, 2.75) is 0 Å². The fourth-order valence-corrected chi connectivity index (χ4v) is 9.21. The number of hydrogen-bond donors (Lipinski definition) is 0. The van der Waals surface area contributed by atoms with E-state index in [1.165, 1.54) is 32.3 Å². The Balaban J connectivity index is 1.07. The maximum Gasteiger partial charge on any atom is 0.180 e. The summed E-state index contributed by atoms with van der Waals surface area (Å²) < 4.78 is 15.7. The van der Waals surface area contributed by atoms with Crippen LogP contribution in [0.15, 0.2) is 185 Å². The Bertz CT molecular complexity index is 3740. The number of furan rings is 2. The fraction of sp³-hybridized carbons (Fsp3) is 0. The Labute approximate surface area is 325 Å². The van der Waals surface area contributed by atoms with E-state index >= 15 is 0 Å². The average Bonchev–Trinajstić information content (AvgIpc) is 3.95. The first kappa shape index (κ1) is 30.6. The van der Waals surface area contributed by atoms with Gasteiger partial charge in [0, 0.05) is 44.1 Å². The van der Waals surface area contributed by atoms with Crippen LogP contribution < -0.4 is 0 Å². The van der Waals surface area contributed by atoms with E-state index in [9.17, 15) is 0 Å². The quantitative estimate of drug-likeness (QED) is 0.169. The van der Waals surface area contributed by atoms with Crippen LogP contribution >= 0.6 is 0 Å². The number of benzene rings is 9. The Hall–Kier alpha value is -7.76. The lowest BCUT2D eigenvalue weighted by Crippen LogP contribution is -1.95. The van der Waals surface area contributed by atoms with Crippen molar-refractivity contribution < 1.29 is 8.83 Å². The SMILES string of the molecule is c1ccc(-c2ccc3oc4c(-c5ccc6c(c5)c5ccccc5n6-c5cc6oc7cccc8c9ccccc9c(c5)c6c78)nc(-c5ccccc5)nc4c3c2)cc1. The minimum Gasteiger partial charge on any atom is -0.456 e. The summed E-state index contributed by atoms with van der Waals surface area (Å²) in [5.74, 6) is 0.657. The van der Waals surface area contributed by atoms with E-state index < -0.39 is 0 Å². The number of rotatable bonds is 4. The van der Waals surface area contributed by atoms with Crippen molar-refractivity contribution in [2.75, 3.05) is 0 Å². The van der Waals surface area contributed by atoms with E-state index in [0.717, 1.165) is 83.1 Å². The molecule has 13 aromatic rings. The molecule has 0 aliphatic carbocycles. The molecule has 4 aromatic heterocycles. The van der Waals surface area contributed by atoms with Crippen molar-refractivity contribution in [3.05, 3.63) is 176 Å². The molecule has 264 valence electrons. The van der Waals surface area contributed by atoms with E-state index in [2.05, 4.69) is 150 Å². The standard InChI is InChI=1S/C52H29N3O2/c1-3-12-30(13-4-1)32-23-25-44-41(26-32)50-51(57-44)49(53-52(54-50)31-14-5-2-6-15-31)33-22-24-43-39(27-33)37-18-9-10-20-42(37)55(43)34-28-40-36-17-8-7-16-35(36)38-19-11-21-45-47(38)48(40)46(29-34)56-45/h1-29H. The van der Waals surface area contributed by atoms with Crippen molar-refractivity contribution in [2.24, 2.45) is 0 Å². The van der Waals surface area contributed by atoms with Crippen molar-refractivity contribution in [1.29, 1.82) is 0 Å². The van der Waals surface area contributed by atoms with Crippen LogP contribution in [0, 0.1) is 0 Å². The van der Waals surface area contributed by atoms with Gasteiger partial charge in [-0.05, 0) is 75.1 Å². The molecule has 9 aromatic carbocycles. The van der Waals surface area contributed by atoms with Gasteiger partial charge in [-0.15, -0.1) is 0 Å². The zero-order chi connectivity index (χ0) is 37.2. The molecule has 0 aliphatic heterocycles. The van der Waals surface area contributed by atoms with Gasteiger partial charge in [-0.1, -0.05) is 127 Å². The largest absolute Gasteiger partial charge is 0.456 e. The highest BCUT2D eigenvalue weighted by Gasteiger charge is 2.23. The van der Waals surface area contributed by atoms with Gasteiger partial charge in [0.15, 0.2) is 11.4 Å². The summed E-state index contributed by atoms with van der Waals surface area (Å²) in [6, 6.07) is 61.9. The summed E-state index contributed by atoms with van der Waals surface area (Å²) in [6.45, 7) is 0. The zero-order valence-electron chi connectivity index (χ0n) is 30.4. The average molecular weight is 728 g/mol. The van der Waals surface area contributed by atoms with Crippen LogP contribution in [0.5, 0.6) is 0 Å². The van der Waals surface area contributed by atoms with Gasteiger partial charge in [0.2, 0.25) is 0 Å². The molecule has 0 saturated heterocycles. The number of para-hydroxylation sites is 1. The maximum atomic E-state index is 6.68. The van der Waals surface area contributed by atoms with Gasteiger partial charge in [-0.3, -0.25) is 0 Å². The van der Waals surface area contributed by atoms with Crippen molar-refractivity contribution in [3.8, 4) is 39.5 Å². The third kappa shape index (κ3) is 4.34. The minimum absolute atomic E-state index is 0.657. The molecule has 0 fully saturated rings. The molecule has 4 heterocycles. The maximum absolute atomic E-state index is 6.68. The third-order valence-corrected chi connectivity index (χ3v) is 11.7. The lowest BCUT2D eigenvalue weighted by atomic mass is 9.94. The summed E-state index contributed by atoms with van der Waals surface area (Å²) in [7, 11) is 0. The van der Waals surface area contributed by atoms with Gasteiger partial charge < -0.3 is 13.4 Å². The predicted molar refractivity (Wildman–Crippen MR) is 233 cm³/mol. The van der Waals surface area contributed by atoms with E-state index in [-0.39, 0.29) is 0 Å². The predicted octanol–water partition coefficient (Wildman–Crippen LogP) is 14.1. The molecule has 0 radical (unpaired) electrons. The first-order valence-electron chi connectivity index (χ1n) is 19.2. The van der Waals surface area contributed by atoms with Crippen LogP contribution in [0.2, 0.25) is 0 Å². The molecule has 0 amide bonds. The van der Waals surface area contributed by atoms with Gasteiger partial charge in [0.1, 0.15) is 28.0 Å². The second-order valence-corrected chi connectivity index (χ2v) is 14.9. The number of aromatic nitrogens is 3. The topological polar surface area (TPSA) is 57.0 Å². The van der Waals surface area contributed by atoms with E-state index in [1.54, 1.807) is 0 Å². The molecule has 5 nitrogen and oxygen atoms in total. The lowest BCUT2D eigenvalue weighted by molar-refractivity contribution is 0.667. The van der Waals surface area contributed by atoms with Crippen molar-refractivity contribution in [3.63, 3.8) is 0 Å². The van der Waals surface area contributed by atoms with Crippen LogP contribution in [0.3, 0.4) is 0 Å². The minimum atomic E-state index is 0.657. The molecule has 0 unspecified atom stereocenters. The Morgan fingerprint density at radius 3 is 1.88 bits per heavy atom. The monoisotopic (exact) mass is 727 g/mol. The Kier molecular flexibility index (Phi) is 6.10. The summed E-state index contributed by atoms with van der Waals surface area (Å²) in [5.41, 5.74) is 12.2. The van der Waals surface area contributed by atoms with E-state index in [4.69, 9.17) is 18.8 Å². The van der Waals surface area contributed by atoms with Gasteiger partial charge in [0.25, 0.3) is 0 Å². The van der Waals surface area contributed by atoms with Crippen molar-refractivity contribution in [1.82, 2.24) is 14.5 Å².